The third-order valence-electron chi connectivity index (χ3n) is 22.8. The van der Waals surface area contributed by atoms with E-state index in [4.69, 9.17) is 49.1 Å². The van der Waals surface area contributed by atoms with Crippen LogP contribution in [0.4, 0.5) is 28.4 Å². The smallest absolute Gasteiger partial charge is 1.00 e. The monoisotopic (exact) mass is 2100 g/mol. The number of amides is 2. The normalized spacial score (nSPS) is 19.7. The number of carbonyl (C=O) groups excluding carboxylic acids is 16. The molecule has 2 amide bonds. The summed E-state index contributed by atoms with van der Waals surface area (Å²) in [6.07, 6.45) is 2.73. The molecule has 5 aromatic rings. The summed E-state index contributed by atoms with van der Waals surface area (Å²) in [5.41, 5.74) is 8.04. The molecule has 0 bridgehead atoms. The summed E-state index contributed by atoms with van der Waals surface area (Å²) < 4.78 is 134. The van der Waals surface area contributed by atoms with Gasteiger partial charge in [-0.05, 0) is 239 Å². The molecule has 6 aliphatic rings. The largest absolute Gasteiger partial charge is 2.00 e. The van der Waals surface area contributed by atoms with Crippen LogP contribution in [0.15, 0.2) is 106 Å². The maximum atomic E-state index is 15.4. The number of nitrogens with one attached hydrogen (secondary N) is 2. The summed E-state index contributed by atoms with van der Waals surface area (Å²) in [4.78, 5) is 197. The van der Waals surface area contributed by atoms with E-state index >= 15 is 4.39 Å². The average Bonchev–Trinajstić information content (AvgIpc) is 0.705. The quantitative estimate of drug-likeness (QED) is 0.0327. The third kappa shape index (κ3) is 37.2. The predicted octanol–water partition coefficient (Wildman–Crippen LogP) is 10.4. The molecule has 772 valence electrons. The summed E-state index contributed by atoms with van der Waals surface area (Å²) in [5, 5.41) is 6.03. The number of carbonyl (C=O) groups is 16. The number of nitrogens with zero attached hydrogens (tertiary/aromatic N) is 8. The molecule has 45 heteroatoms. The number of hydrogen-bond donors (Lipinski definition) is 4. The Morgan fingerprint density at radius 3 is 0.872 bits per heavy atom. The van der Waals surface area contributed by atoms with Gasteiger partial charge in [0.1, 0.15) is 88.4 Å². The molecule has 0 unspecified atom stereocenters. The van der Waals surface area contributed by atoms with Crippen LogP contribution in [-0.2, 0) is 126 Å². The molecule has 11 rings (SSSR count). The number of benzene rings is 3. The van der Waals surface area contributed by atoms with E-state index in [0.29, 0.717) is 79.0 Å². The molecule has 3 aromatic carbocycles. The van der Waals surface area contributed by atoms with Crippen molar-refractivity contribution in [1.29, 1.82) is 0 Å². The molecule has 36 nitrogen and oxygen atoms in total. The number of amidine groups is 3. The van der Waals surface area contributed by atoms with Gasteiger partial charge in [-0.25, -0.2) is 48.0 Å². The number of aromatic nitrogens is 2. The fourth-order valence-electron chi connectivity index (χ4n) is 14.0. The molecular weight excluding hydrogens is 1970 g/mol. The van der Waals surface area contributed by atoms with Crippen LogP contribution in [0.3, 0.4) is 0 Å². The first-order chi connectivity index (χ1) is 64.0. The van der Waals surface area contributed by atoms with E-state index in [2.05, 4.69) is 35.5 Å². The molecular formula is C96H129CaCl2F3N12O24S3. The van der Waals surface area contributed by atoms with Gasteiger partial charge in [-0.1, -0.05) is 35.3 Å². The number of nitrogens with two attached hydrogens (primary N) is 2. The number of ketones is 14. The summed E-state index contributed by atoms with van der Waals surface area (Å²) >= 11 is 11.7. The van der Waals surface area contributed by atoms with Crippen molar-refractivity contribution in [2.24, 2.45) is 20.7 Å². The minimum Gasteiger partial charge on any atom is -1.00 e. The van der Waals surface area contributed by atoms with Crippen LogP contribution >= 0.6 is 23.2 Å². The number of pyridine rings is 2. The van der Waals surface area contributed by atoms with Crippen LogP contribution < -0.4 is 22.1 Å². The Bertz CT molecular complexity index is 5770. The Hall–Kier alpha value is -10.2. The molecule has 2 aromatic heterocycles. The van der Waals surface area contributed by atoms with E-state index in [1.165, 1.54) is 169 Å². The molecule has 8 heterocycles. The number of piperidine rings is 3. The zero-order chi connectivity index (χ0) is 108. The van der Waals surface area contributed by atoms with Crippen molar-refractivity contribution in [3.05, 3.63) is 158 Å². The number of halogens is 5. The molecule has 3 spiro atoms. The maximum Gasteiger partial charge on any atom is 2.00 e. The predicted molar refractivity (Wildman–Crippen MR) is 531 cm³/mol. The van der Waals surface area contributed by atoms with Crippen LogP contribution in [-0.4, -0.2) is 301 Å². The third-order valence-corrected chi connectivity index (χ3v) is 31.4. The van der Waals surface area contributed by atoms with Crippen LogP contribution in [0.1, 0.15) is 236 Å². The van der Waals surface area contributed by atoms with Crippen LogP contribution in [0, 0.1) is 17.5 Å². The number of alkyl carbamates (subject to hydrolysis) is 2. The van der Waals surface area contributed by atoms with Gasteiger partial charge in [-0.15, -0.1) is 0 Å². The number of anilines is 1. The molecule has 3 saturated heterocycles. The molecule has 3 atom stereocenters. The van der Waals surface area contributed by atoms with Crippen molar-refractivity contribution in [3.63, 3.8) is 0 Å². The number of Topliss-reactive ketones (excluding diaryl/α,β-unsaturated/α-hetero) is 14. The summed E-state index contributed by atoms with van der Waals surface area (Å²) in [5.74, 6) is -8.20. The Labute approximate surface area is 864 Å². The van der Waals surface area contributed by atoms with Gasteiger partial charge in [-0.2, -0.15) is 0 Å². The van der Waals surface area contributed by atoms with Crippen molar-refractivity contribution < 1.29 is 127 Å². The van der Waals surface area contributed by atoms with Gasteiger partial charge in [0, 0.05) is 131 Å². The van der Waals surface area contributed by atoms with Crippen molar-refractivity contribution in [2.45, 2.75) is 239 Å². The molecule has 0 radical (unpaired) electrons. The molecule has 6 N–H and O–H groups in total. The van der Waals surface area contributed by atoms with E-state index < -0.39 is 107 Å². The molecule has 0 saturated carbocycles. The topological polar surface area (TPSA) is 543 Å². The standard InChI is InChI=1S/C28H34ClFN4O5S.C23H26ClFN4O3S.C21H31FN4O4S.6C4H6O2.Ca.2H/c1-26(2,3)39-25(36)32-24-28(10-12-34(5)13-11-28)40(37,38)17-27(4,33-24)20-14-18(6-8-21(20)30)15-23(35)22-9-7-19(29)16-31-22;1-22(14-33(31,32)23(21(26)28-22)7-9-29(2)10-8-23)17-11-15(3-5-18(17)25)12-20(30)19-6-4-16(24)13-27-19;1-19(2,3)30-18(27)24-17-21(8-10-26(5)11-9-21)31(28,29)13-20(4,25-17)15-12-14(23)6-7-16(15)22;6*1-3(5)4(2)6;;;/h6-9,14,16H,10-13,15,17H2,1-5H3,(H,32,33,36);3-6,11,13H,7-10,12,14H2,1-2H3,(H2,26,28);6-7,12H,8-11,13,23H2,1-5H3,(H,24,25,27);6*1-2H3;;;/q;;;;;;;;;+2;2*-1/t27-;22-;20-;;;;;;;;;/m000........./s1. The van der Waals surface area contributed by atoms with Gasteiger partial charge < -0.3 is 38.5 Å². The fourth-order valence-corrected chi connectivity index (χ4v) is 21.5. The number of likely N-dealkylation sites (tertiary alicyclic amines) is 3. The van der Waals surface area contributed by atoms with Gasteiger partial charge >= 0.3 is 49.9 Å². The Kier molecular flexibility index (Phi) is 47.6. The van der Waals surface area contributed by atoms with E-state index in [1.54, 1.807) is 67.5 Å². The zero-order valence-corrected chi connectivity index (χ0v) is 90.2. The number of ether oxygens (including phenoxy) is 2. The van der Waals surface area contributed by atoms with Gasteiger partial charge in [-0.3, -0.25) is 103 Å². The minimum absolute atomic E-state index is 0. The van der Waals surface area contributed by atoms with E-state index in [1.807, 2.05) is 30.9 Å². The van der Waals surface area contributed by atoms with Gasteiger partial charge in [0.05, 0.1) is 27.3 Å². The van der Waals surface area contributed by atoms with E-state index in [0.717, 1.165) is 0 Å². The Balaban J connectivity index is 0.00000179. The number of aliphatic imine (C=N–C) groups is 3. The first kappa shape index (κ1) is 127. The second kappa shape index (κ2) is 52.9. The number of hydrogen-bond acceptors (Lipinski definition) is 34. The van der Waals surface area contributed by atoms with Crippen LogP contribution in [0.2, 0.25) is 10.0 Å². The van der Waals surface area contributed by atoms with Crippen molar-refractivity contribution >= 4 is 207 Å². The summed E-state index contributed by atoms with van der Waals surface area (Å²) in [6.45, 7) is 33.1. The second-order valence-corrected chi connectivity index (χ2v) is 44.9. The fraction of sp³-hybridized carbons (Fsp3) is 0.510. The Morgan fingerprint density at radius 2 is 0.631 bits per heavy atom. The molecule has 6 aliphatic heterocycles. The van der Waals surface area contributed by atoms with Gasteiger partial charge in [0.2, 0.25) is 0 Å². The molecule has 141 heavy (non-hydrogen) atoms. The van der Waals surface area contributed by atoms with E-state index in [9.17, 15) is 111 Å². The van der Waals surface area contributed by atoms with Crippen molar-refractivity contribution in [1.82, 2.24) is 35.3 Å². The van der Waals surface area contributed by atoms with E-state index in [-0.39, 0.29) is 217 Å². The zero-order valence-electron chi connectivity index (χ0n) is 86.0. The van der Waals surface area contributed by atoms with Crippen LogP contribution in [0.25, 0.3) is 0 Å². The summed E-state index contributed by atoms with van der Waals surface area (Å²) in [6, 6.07) is 18.5. The summed E-state index contributed by atoms with van der Waals surface area (Å²) in [7, 11) is -5.75. The average molecular weight is 2100 g/mol. The van der Waals surface area contributed by atoms with Crippen LogP contribution in [0.5, 0.6) is 0 Å². The number of nitrogen functional groups attached to an aromatic ring is 1. The first-order valence-electron chi connectivity index (χ1n) is 43.8. The molecule has 3 fully saturated rings. The van der Waals surface area contributed by atoms with Gasteiger partial charge in [0.15, 0.2) is 110 Å². The van der Waals surface area contributed by atoms with Crippen molar-refractivity contribution in [2.75, 3.05) is 83.4 Å². The maximum absolute atomic E-state index is 15.4. The SMILES string of the molecule is CC(=O)C(C)=O.CC(=O)C(C)=O.CC(=O)C(C)=O.CC(=O)C(C)=O.CC(=O)C(C)=O.CC(=O)C(C)=O.CN1CCC2(CC1)C(N)=N[C@](C)(c1cc(CC(=O)c3ccc(Cl)cn3)ccc1F)CS2(=O)=O.CN1CCC2(CC1)C(NC(=O)OC(C)(C)C)=N[C@](C)(c1cc(CC(=O)c3ccc(Cl)cn3)ccc1F)CS2(=O)=O.CN1CCC2(CC1)C(NC(=O)OC(C)(C)C)=N[C@](C)(c1cc(N)ccc1F)CS2(=O)=O.[Ca+2].[H-].[H-]. The second-order valence-electron chi connectivity index (χ2n) is 37.1. The molecule has 0 aliphatic carbocycles. The number of rotatable bonds is 15. The minimum atomic E-state index is -3.95. The Morgan fingerprint density at radius 1 is 0.390 bits per heavy atom. The van der Waals surface area contributed by atoms with Gasteiger partial charge in [0.25, 0.3) is 0 Å². The van der Waals surface area contributed by atoms with Crippen molar-refractivity contribution in [3.8, 4) is 0 Å². The first-order valence-corrected chi connectivity index (χ1v) is 49.5. The number of sulfone groups is 3.